The van der Waals surface area contributed by atoms with Crippen molar-refractivity contribution in [3.63, 3.8) is 0 Å². The smallest absolute Gasteiger partial charge is 0.119 e. The van der Waals surface area contributed by atoms with Crippen LogP contribution in [0, 0.1) is 10.8 Å². The molecule has 1 heterocycles. The number of benzene rings is 2. The van der Waals surface area contributed by atoms with Gasteiger partial charge in [0, 0.05) is 16.2 Å². The maximum Gasteiger partial charge on any atom is 0.119 e. The van der Waals surface area contributed by atoms with Gasteiger partial charge in [0.15, 0.2) is 0 Å². The number of hydrogen-bond acceptors (Lipinski definition) is 4. The van der Waals surface area contributed by atoms with Crippen molar-refractivity contribution < 1.29 is 19.3 Å². The topological polar surface area (TPSA) is 47.9 Å². The van der Waals surface area contributed by atoms with Gasteiger partial charge in [-0.15, -0.1) is 0 Å². The van der Waals surface area contributed by atoms with Gasteiger partial charge in [-0.3, -0.25) is 0 Å². The summed E-state index contributed by atoms with van der Waals surface area (Å²) in [5.74, 6) is 1.73. The third-order valence-electron chi connectivity index (χ3n) is 6.46. The molecular formula is C26H36O4. The highest BCUT2D eigenvalue weighted by molar-refractivity contribution is 5.41. The molecule has 0 aromatic heterocycles. The molecule has 1 atom stereocenters. The third kappa shape index (κ3) is 5.16. The van der Waals surface area contributed by atoms with Gasteiger partial charge in [0.2, 0.25) is 0 Å². The van der Waals surface area contributed by atoms with Crippen molar-refractivity contribution in [2.45, 2.75) is 46.5 Å². The van der Waals surface area contributed by atoms with Gasteiger partial charge in [0.05, 0.1) is 33.0 Å². The molecule has 0 bridgehead atoms. The van der Waals surface area contributed by atoms with Crippen LogP contribution in [0.5, 0.6) is 11.5 Å². The van der Waals surface area contributed by atoms with Crippen LogP contribution in [0.1, 0.15) is 52.2 Å². The molecule has 1 aliphatic rings. The largest absolute Gasteiger partial charge is 0.493 e. The number of aliphatic hydroxyl groups excluding tert-OH is 1. The molecule has 4 heteroatoms. The maximum atomic E-state index is 9.55. The molecule has 4 nitrogen and oxygen atoms in total. The Kier molecular flexibility index (Phi) is 6.78. The molecule has 0 spiro atoms. The molecule has 1 fully saturated rings. The quantitative estimate of drug-likeness (QED) is 0.582. The van der Waals surface area contributed by atoms with Crippen molar-refractivity contribution in [1.29, 1.82) is 0 Å². The normalized spacial score (nSPS) is 17.7. The van der Waals surface area contributed by atoms with Crippen LogP contribution in [-0.2, 0) is 10.2 Å². The molecule has 2 aromatic carbocycles. The summed E-state index contributed by atoms with van der Waals surface area (Å²) >= 11 is 0. The minimum atomic E-state index is -0.204. The van der Waals surface area contributed by atoms with Crippen molar-refractivity contribution in [2.75, 3.05) is 33.0 Å². The summed E-state index contributed by atoms with van der Waals surface area (Å²) in [5, 5.41) is 9.55. The number of ether oxygens (including phenoxy) is 3. The van der Waals surface area contributed by atoms with Crippen LogP contribution in [0.4, 0.5) is 0 Å². The number of aliphatic hydroxyl groups is 1. The summed E-state index contributed by atoms with van der Waals surface area (Å²) in [6.07, 6.45) is 0.876. The van der Waals surface area contributed by atoms with Crippen LogP contribution in [0.15, 0.2) is 48.5 Å². The Morgan fingerprint density at radius 2 is 1.40 bits per heavy atom. The lowest BCUT2D eigenvalue weighted by Gasteiger charge is -2.37. The molecule has 1 aliphatic heterocycles. The first-order chi connectivity index (χ1) is 14.2. The zero-order valence-corrected chi connectivity index (χ0v) is 19.0. The predicted octanol–water partition coefficient (Wildman–Crippen LogP) is 5.22. The Morgan fingerprint density at radius 3 is 1.80 bits per heavy atom. The van der Waals surface area contributed by atoms with Crippen molar-refractivity contribution in [3.05, 3.63) is 59.7 Å². The number of hydrogen-bond donors (Lipinski definition) is 1. The molecule has 0 aliphatic carbocycles. The zero-order valence-electron chi connectivity index (χ0n) is 19.0. The van der Waals surface area contributed by atoms with E-state index >= 15 is 0 Å². The van der Waals surface area contributed by atoms with Crippen LogP contribution in [0.2, 0.25) is 0 Å². The molecule has 0 radical (unpaired) electrons. The lowest BCUT2D eigenvalue weighted by Crippen LogP contribution is -2.44. The summed E-state index contributed by atoms with van der Waals surface area (Å²) in [5.41, 5.74) is 2.27. The van der Waals surface area contributed by atoms with E-state index in [4.69, 9.17) is 14.2 Å². The Labute approximate surface area is 181 Å². The molecule has 0 saturated carbocycles. The second-order valence-corrected chi connectivity index (χ2v) is 9.88. The van der Waals surface area contributed by atoms with E-state index in [0.29, 0.717) is 13.2 Å². The van der Waals surface area contributed by atoms with Gasteiger partial charge in [-0.2, -0.15) is 0 Å². The summed E-state index contributed by atoms with van der Waals surface area (Å²) in [4.78, 5) is 0. The summed E-state index contributed by atoms with van der Waals surface area (Å²) in [7, 11) is 0. The molecular weight excluding hydrogens is 376 g/mol. The molecule has 30 heavy (non-hydrogen) atoms. The highest BCUT2D eigenvalue weighted by Crippen LogP contribution is 2.34. The summed E-state index contributed by atoms with van der Waals surface area (Å²) in [6, 6.07) is 16.7. The van der Waals surface area contributed by atoms with Crippen LogP contribution in [0.25, 0.3) is 0 Å². The molecule has 3 rings (SSSR count). The van der Waals surface area contributed by atoms with E-state index in [1.165, 1.54) is 11.1 Å². The van der Waals surface area contributed by atoms with Gasteiger partial charge in [-0.25, -0.2) is 0 Å². The lowest BCUT2D eigenvalue weighted by molar-refractivity contribution is -0.120. The predicted molar refractivity (Wildman–Crippen MR) is 120 cm³/mol. The Hall–Kier alpha value is -2.04. The molecule has 164 valence electrons. The Morgan fingerprint density at radius 1 is 0.900 bits per heavy atom. The SMILES string of the molecule is CCC(C)(CO)COc1ccc(C(C)(C)c2ccc(OCC3(C)COC3)cc2)cc1. The third-order valence-corrected chi connectivity index (χ3v) is 6.46. The van der Waals surface area contributed by atoms with Gasteiger partial charge in [0.1, 0.15) is 11.5 Å². The van der Waals surface area contributed by atoms with E-state index in [-0.39, 0.29) is 22.9 Å². The van der Waals surface area contributed by atoms with E-state index < -0.39 is 0 Å². The van der Waals surface area contributed by atoms with Crippen molar-refractivity contribution in [2.24, 2.45) is 10.8 Å². The standard InChI is InChI=1S/C26H36O4/c1-6-25(4,15-27)18-29-22-11-7-20(8-12-22)24(2,3)21-9-13-23(14-10-21)30-19-26(5)16-28-17-26/h7-14,27H,6,15-19H2,1-5H3. The monoisotopic (exact) mass is 412 g/mol. The summed E-state index contributed by atoms with van der Waals surface area (Å²) < 4.78 is 17.2. The minimum absolute atomic E-state index is 0.126. The Balaban J connectivity index is 1.62. The average molecular weight is 413 g/mol. The minimum Gasteiger partial charge on any atom is -0.493 e. The lowest BCUT2D eigenvalue weighted by atomic mass is 9.78. The van der Waals surface area contributed by atoms with Crippen LogP contribution < -0.4 is 9.47 Å². The van der Waals surface area contributed by atoms with Crippen molar-refractivity contribution in [3.8, 4) is 11.5 Å². The van der Waals surface area contributed by atoms with Crippen molar-refractivity contribution in [1.82, 2.24) is 0 Å². The van der Waals surface area contributed by atoms with E-state index in [0.717, 1.165) is 31.1 Å². The van der Waals surface area contributed by atoms with Crippen LogP contribution in [-0.4, -0.2) is 38.1 Å². The summed E-state index contributed by atoms with van der Waals surface area (Å²) in [6.45, 7) is 13.6. The second kappa shape index (κ2) is 8.99. The van der Waals surface area contributed by atoms with Crippen LogP contribution in [0.3, 0.4) is 0 Å². The van der Waals surface area contributed by atoms with E-state index in [1.807, 2.05) is 19.1 Å². The highest BCUT2D eigenvalue weighted by Gasteiger charge is 2.34. The zero-order chi connectivity index (χ0) is 21.8. The van der Waals surface area contributed by atoms with Gasteiger partial charge < -0.3 is 19.3 Å². The second-order valence-electron chi connectivity index (χ2n) is 9.88. The van der Waals surface area contributed by atoms with Gasteiger partial charge in [-0.05, 0) is 41.8 Å². The Bertz CT molecular complexity index is 800. The van der Waals surface area contributed by atoms with Gasteiger partial charge >= 0.3 is 0 Å². The maximum absolute atomic E-state index is 9.55. The van der Waals surface area contributed by atoms with E-state index in [1.54, 1.807) is 0 Å². The first kappa shape index (κ1) is 22.6. The fourth-order valence-corrected chi connectivity index (χ4v) is 3.41. The molecule has 2 aromatic rings. The average Bonchev–Trinajstić information content (AvgIpc) is 2.75. The first-order valence-corrected chi connectivity index (χ1v) is 10.9. The van der Waals surface area contributed by atoms with Gasteiger partial charge in [0.25, 0.3) is 0 Å². The fourth-order valence-electron chi connectivity index (χ4n) is 3.41. The molecule has 1 saturated heterocycles. The fraction of sp³-hybridized carbons (Fsp3) is 0.538. The van der Waals surface area contributed by atoms with E-state index in [9.17, 15) is 5.11 Å². The van der Waals surface area contributed by atoms with Gasteiger partial charge in [-0.1, -0.05) is 58.9 Å². The molecule has 0 amide bonds. The van der Waals surface area contributed by atoms with Crippen molar-refractivity contribution >= 4 is 0 Å². The highest BCUT2D eigenvalue weighted by atomic mass is 16.5. The molecule has 1 unspecified atom stereocenters. The molecule has 1 N–H and O–H groups in total. The number of rotatable bonds is 10. The van der Waals surface area contributed by atoms with E-state index in [2.05, 4.69) is 64.1 Å². The first-order valence-electron chi connectivity index (χ1n) is 10.9. The van der Waals surface area contributed by atoms with Crippen LogP contribution >= 0.6 is 0 Å².